The topological polar surface area (TPSA) is 162 Å². The predicted octanol–water partition coefficient (Wildman–Crippen LogP) is 12.4. The third kappa shape index (κ3) is 4.97. The number of cyclic esters (lactones) is 4. The Hall–Kier alpha value is -6.72. The average Bonchev–Trinajstić information content (AvgIpc) is 3.31. The van der Waals surface area contributed by atoms with Crippen LogP contribution in [-0.2, 0) is 9.47 Å². The van der Waals surface area contributed by atoms with E-state index in [-0.39, 0.29) is 36.7 Å². The van der Waals surface area contributed by atoms with E-state index < -0.39 is 23.9 Å². The van der Waals surface area contributed by atoms with E-state index >= 15 is 0 Å². The Morgan fingerprint density at radius 1 is 0.324 bits per heavy atom. The number of hydrogen-bond acceptors (Lipinski definition) is 10. The maximum atomic E-state index is 13.3. The number of benzene rings is 10. The summed E-state index contributed by atoms with van der Waals surface area (Å²) in [6.07, 6.45) is 0. The molecule has 0 radical (unpaired) electrons. The minimum Gasteiger partial charge on any atom is -0.386 e. The summed E-state index contributed by atoms with van der Waals surface area (Å²) in [4.78, 5) is 106. The molecule has 4 aliphatic heterocycles. The lowest BCUT2D eigenvalue weighted by Gasteiger charge is -2.30. The SMILES string of the molecule is CCN1C(=O)c2ccc3c4c(Br)cc5c6c(ccc(c7c(Br)cc(c2c37)C1=O)c64)C(=O)N(CC)C5=O.O=C1OC(=O)c2cc(Br)c3c4ccc5c6c(cc(Br)c(c7ccc1c2c73)c64)C(=O)OC5=O. The highest BCUT2D eigenvalue weighted by Gasteiger charge is 2.38. The van der Waals surface area contributed by atoms with E-state index in [4.69, 9.17) is 9.47 Å². The maximum Gasteiger partial charge on any atom is 0.346 e. The summed E-state index contributed by atoms with van der Waals surface area (Å²) in [5.41, 5.74) is 3.18. The van der Waals surface area contributed by atoms with E-state index in [1.807, 2.05) is 12.1 Å². The zero-order chi connectivity index (χ0) is 47.3. The van der Waals surface area contributed by atoms with Gasteiger partial charge in [0.15, 0.2) is 0 Å². The molecule has 0 fully saturated rings. The molecule has 10 aromatic rings. The van der Waals surface area contributed by atoms with E-state index in [0.29, 0.717) is 83.9 Å². The largest absolute Gasteiger partial charge is 0.386 e. The highest BCUT2D eigenvalue weighted by atomic mass is 79.9. The van der Waals surface area contributed by atoms with Crippen LogP contribution in [0.3, 0.4) is 0 Å². The van der Waals surface area contributed by atoms with Gasteiger partial charge < -0.3 is 9.47 Å². The Bertz CT molecular complexity index is 4020. The first-order chi connectivity index (χ1) is 32.7. The number of esters is 4. The summed E-state index contributed by atoms with van der Waals surface area (Å²) in [5.74, 6) is -4.01. The van der Waals surface area contributed by atoms with Crippen LogP contribution >= 0.6 is 63.7 Å². The van der Waals surface area contributed by atoms with Crippen LogP contribution in [0.5, 0.6) is 0 Å². The molecule has 0 saturated carbocycles. The first kappa shape index (κ1) is 41.5. The molecule has 0 aromatic heterocycles. The molecule has 0 atom stereocenters. The molecular formula is C52H22Br4N2O10. The number of amides is 4. The van der Waals surface area contributed by atoms with Crippen molar-refractivity contribution in [2.45, 2.75) is 13.8 Å². The van der Waals surface area contributed by atoms with Crippen molar-refractivity contribution in [2.75, 3.05) is 13.1 Å². The number of ether oxygens (including phenoxy) is 2. The summed E-state index contributed by atoms with van der Waals surface area (Å²) in [6, 6.07) is 21.1. The maximum absolute atomic E-state index is 13.3. The molecule has 4 amide bonds. The highest BCUT2D eigenvalue weighted by molar-refractivity contribution is 9.11. The number of halogens is 4. The summed E-state index contributed by atoms with van der Waals surface area (Å²) >= 11 is 14.6. The fourth-order valence-corrected chi connectivity index (χ4v) is 13.7. The normalized spacial score (nSPS) is 15.4. The van der Waals surface area contributed by atoms with Gasteiger partial charge in [0.05, 0.1) is 22.3 Å². The van der Waals surface area contributed by atoms with Gasteiger partial charge in [-0.2, -0.15) is 0 Å². The molecule has 0 spiro atoms. The molecule has 68 heavy (non-hydrogen) atoms. The van der Waals surface area contributed by atoms with Crippen LogP contribution in [0, 0.1) is 0 Å². The Morgan fingerprint density at radius 3 is 0.882 bits per heavy atom. The lowest BCUT2D eigenvalue weighted by atomic mass is 9.82. The molecule has 0 unspecified atom stereocenters. The molecule has 0 bridgehead atoms. The van der Waals surface area contributed by atoms with Crippen molar-refractivity contribution in [3.8, 4) is 0 Å². The highest BCUT2D eigenvalue weighted by Crippen LogP contribution is 2.52. The van der Waals surface area contributed by atoms with Crippen molar-refractivity contribution < 1.29 is 47.8 Å². The van der Waals surface area contributed by atoms with Crippen LogP contribution in [0.2, 0.25) is 0 Å². The van der Waals surface area contributed by atoms with Gasteiger partial charge in [0.2, 0.25) is 0 Å². The minimum atomic E-state index is -0.699. The molecule has 4 heterocycles. The van der Waals surface area contributed by atoms with Gasteiger partial charge in [0, 0.05) is 118 Å². The molecule has 16 heteroatoms. The number of imide groups is 2. The molecule has 0 aliphatic carbocycles. The van der Waals surface area contributed by atoms with Crippen molar-refractivity contribution in [2.24, 2.45) is 0 Å². The number of hydrogen-bond donors (Lipinski definition) is 0. The van der Waals surface area contributed by atoms with Crippen molar-refractivity contribution in [1.82, 2.24) is 9.80 Å². The number of rotatable bonds is 2. The van der Waals surface area contributed by atoms with E-state index in [1.54, 1.807) is 74.5 Å². The number of carbonyl (C=O) groups is 8. The summed E-state index contributed by atoms with van der Waals surface area (Å²) in [6.45, 7) is 4.15. The van der Waals surface area contributed by atoms with Gasteiger partial charge in [-0.1, -0.05) is 88.0 Å². The Morgan fingerprint density at radius 2 is 0.574 bits per heavy atom. The molecular weight excluding hydrogens is 1130 g/mol. The second-order valence-electron chi connectivity index (χ2n) is 16.8. The van der Waals surface area contributed by atoms with E-state index in [1.165, 1.54) is 9.80 Å². The molecule has 328 valence electrons. The monoisotopic (exact) mass is 1150 g/mol. The number of nitrogens with zero attached hydrogens (tertiary/aromatic N) is 2. The van der Waals surface area contributed by atoms with Gasteiger partial charge in [-0.3, -0.25) is 29.0 Å². The van der Waals surface area contributed by atoms with Crippen molar-refractivity contribution in [3.63, 3.8) is 0 Å². The second kappa shape index (κ2) is 13.9. The first-order valence-corrected chi connectivity index (χ1v) is 24.3. The predicted molar refractivity (Wildman–Crippen MR) is 268 cm³/mol. The molecule has 0 saturated heterocycles. The first-order valence-electron chi connectivity index (χ1n) is 21.1. The van der Waals surface area contributed by atoms with Crippen LogP contribution in [0.25, 0.3) is 86.2 Å². The van der Waals surface area contributed by atoms with Crippen LogP contribution in [-0.4, -0.2) is 70.4 Å². The lowest BCUT2D eigenvalue weighted by Crippen LogP contribution is -2.40. The quantitative estimate of drug-likeness (QED) is 0.0535. The van der Waals surface area contributed by atoms with E-state index in [9.17, 15) is 38.4 Å². The molecule has 0 N–H and O–H groups in total. The van der Waals surface area contributed by atoms with Crippen LogP contribution < -0.4 is 0 Å². The van der Waals surface area contributed by atoms with Crippen LogP contribution in [0.4, 0.5) is 0 Å². The van der Waals surface area contributed by atoms with E-state index in [0.717, 1.165) is 64.6 Å². The fourth-order valence-electron chi connectivity index (χ4n) is 11.1. The van der Waals surface area contributed by atoms with E-state index in [2.05, 4.69) is 63.7 Å². The van der Waals surface area contributed by atoms with Crippen molar-refractivity contribution >= 4 is 197 Å². The van der Waals surface area contributed by atoms with Crippen molar-refractivity contribution in [1.29, 1.82) is 0 Å². The Balaban J connectivity index is 0.000000135. The third-order valence-corrected chi connectivity index (χ3v) is 16.3. The lowest BCUT2D eigenvalue weighted by molar-refractivity contribution is 0.0373. The Labute approximate surface area is 414 Å². The molecule has 4 aliphatic rings. The second-order valence-corrected chi connectivity index (χ2v) is 20.2. The van der Waals surface area contributed by atoms with Gasteiger partial charge >= 0.3 is 23.9 Å². The number of fused-ring (bicyclic) bond motifs is 4. The molecule has 14 rings (SSSR count). The fraction of sp³-hybridized carbons (Fsp3) is 0.0769. The summed E-state index contributed by atoms with van der Waals surface area (Å²) in [7, 11) is 0. The zero-order valence-electron chi connectivity index (χ0n) is 34.8. The van der Waals surface area contributed by atoms with Gasteiger partial charge in [0.1, 0.15) is 0 Å². The molecule has 12 nitrogen and oxygen atoms in total. The van der Waals surface area contributed by atoms with Gasteiger partial charge in [-0.15, -0.1) is 0 Å². The van der Waals surface area contributed by atoms with Crippen LogP contribution in [0.15, 0.2) is 90.7 Å². The van der Waals surface area contributed by atoms with Gasteiger partial charge in [-0.25, -0.2) is 19.2 Å². The average molecular weight is 1150 g/mol. The third-order valence-electron chi connectivity index (χ3n) is 13.8. The van der Waals surface area contributed by atoms with Crippen LogP contribution in [0.1, 0.15) is 96.7 Å². The smallest absolute Gasteiger partial charge is 0.346 e. The zero-order valence-corrected chi connectivity index (χ0v) is 41.2. The Kier molecular flexibility index (Phi) is 8.50. The van der Waals surface area contributed by atoms with Crippen molar-refractivity contribution in [3.05, 3.63) is 135 Å². The number of carbonyl (C=O) groups excluding carboxylic acids is 8. The minimum absolute atomic E-state index is 0.287. The summed E-state index contributed by atoms with van der Waals surface area (Å²) < 4.78 is 12.5. The molecule has 10 aromatic carbocycles. The summed E-state index contributed by atoms with van der Waals surface area (Å²) in [5, 5.41) is 11.9. The van der Waals surface area contributed by atoms with Gasteiger partial charge in [-0.05, 0) is 83.9 Å². The standard InChI is InChI=1S/C28H16Br2N2O4.C24H6Br2O6/c1-3-31-25(33)13-7-5-11-22-18(30)10-16-20-14(26(34)32(4-2)28(16)36)8-6-12(24(20)22)21-17(29)9-15(27(31)35)19(13)23(11)21;25-13-5-12-16-10(22(28)32-24(12)30)4-2-8-18-14(26)6-11-15-9(21(27)31-23(11)29)3-1-7(19(15)18)17(13)20(8)16/h5-10H,3-4H2,1-2H3;1-6H. The van der Waals surface area contributed by atoms with Gasteiger partial charge in [0.25, 0.3) is 23.6 Å².